The standard InChI is InChI=1S/C17H31N3O3/c1-14(2)16(22)12-18-5-3-15(4-6-18)11-19-7-9-20(10-8-19)17(23)13-21/h14-15,21H,3-13H2,1-2H3. The van der Waals surface area contributed by atoms with Crippen LogP contribution in [0.5, 0.6) is 0 Å². The summed E-state index contributed by atoms with van der Waals surface area (Å²) >= 11 is 0. The highest BCUT2D eigenvalue weighted by Gasteiger charge is 2.26. The van der Waals surface area contributed by atoms with Crippen LogP contribution in [0.1, 0.15) is 26.7 Å². The number of aliphatic hydroxyl groups excluding tert-OH is 1. The lowest BCUT2D eigenvalue weighted by Gasteiger charge is -2.38. The van der Waals surface area contributed by atoms with Crippen molar-refractivity contribution in [3.8, 4) is 0 Å². The molecule has 0 aromatic carbocycles. The van der Waals surface area contributed by atoms with Gasteiger partial charge in [-0.15, -0.1) is 0 Å². The van der Waals surface area contributed by atoms with Gasteiger partial charge in [0.05, 0.1) is 6.54 Å². The second kappa shape index (κ2) is 8.76. The highest BCUT2D eigenvalue weighted by molar-refractivity contribution is 5.82. The number of likely N-dealkylation sites (tertiary alicyclic amines) is 1. The zero-order chi connectivity index (χ0) is 16.8. The molecule has 1 N–H and O–H groups in total. The fraction of sp³-hybridized carbons (Fsp3) is 0.882. The Morgan fingerprint density at radius 1 is 1.00 bits per heavy atom. The van der Waals surface area contributed by atoms with E-state index in [0.717, 1.165) is 58.7 Å². The van der Waals surface area contributed by atoms with Crippen LogP contribution < -0.4 is 0 Å². The maximum atomic E-state index is 11.8. The molecule has 0 radical (unpaired) electrons. The van der Waals surface area contributed by atoms with Gasteiger partial charge >= 0.3 is 0 Å². The molecule has 2 rings (SSSR count). The molecule has 2 fully saturated rings. The first-order valence-electron chi connectivity index (χ1n) is 8.85. The highest BCUT2D eigenvalue weighted by atomic mass is 16.3. The van der Waals surface area contributed by atoms with Crippen LogP contribution >= 0.6 is 0 Å². The van der Waals surface area contributed by atoms with E-state index in [9.17, 15) is 9.59 Å². The molecule has 0 bridgehead atoms. The van der Waals surface area contributed by atoms with Crippen molar-refractivity contribution in [3.05, 3.63) is 0 Å². The molecule has 2 heterocycles. The Labute approximate surface area is 139 Å². The van der Waals surface area contributed by atoms with Gasteiger partial charge in [0, 0.05) is 38.6 Å². The number of nitrogens with zero attached hydrogens (tertiary/aromatic N) is 3. The maximum Gasteiger partial charge on any atom is 0.248 e. The van der Waals surface area contributed by atoms with Gasteiger partial charge in [0.1, 0.15) is 12.4 Å². The Kier molecular flexibility index (Phi) is 6.99. The average Bonchev–Trinajstić information content (AvgIpc) is 2.56. The monoisotopic (exact) mass is 325 g/mol. The van der Waals surface area contributed by atoms with Gasteiger partial charge in [-0.1, -0.05) is 13.8 Å². The summed E-state index contributed by atoms with van der Waals surface area (Å²) in [6.07, 6.45) is 2.31. The molecule has 0 unspecified atom stereocenters. The first-order chi connectivity index (χ1) is 11.0. The number of piperazine rings is 1. The number of hydrogen-bond acceptors (Lipinski definition) is 5. The molecular formula is C17H31N3O3. The van der Waals surface area contributed by atoms with Crippen LogP contribution in [0.15, 0.2) is 0 Å². The molecular weight excluding hydrogens is 294 g/mol. The molecule has 6 heteroatoms. The number of aliphatic hydroxyl groups is 1. The van der Waals surface area contributed by atoms with Crippen LogP contribution in [0.25, 0.3) is 0 Å². The van der Waals surface area contributed by atoms with Gasteiger partial charge in [-0.2, -0.15) is 0 Å². The minimum absolute atomic E-state index is 0.130. The zero-order valence-corrected chi connectivity index (χ0v) is 14.5. The number of carbonyl (C=O) groups excluding carboxylic acids is 2. The molecule has 0 aromatic rings. The molecule has 6 nitrogen and oxygen atoms in total. The molecule has 0 aliphatic carbocycles. The van der Waals surface area contributed by atoms with Gasteiger partial charge < -0.3 is 10.0 Å². The van der Waals surface area contributed by atoms with E-state index in [1.807, 2.05) is 13.8 Å². The zero-order valence-electron chi connectivity index (χ0n) is 14.5. The lowest BCUT2D eigenvalue weighted by molar-refractivity contribution is -0.136. The third-order valence-corrected chi connectivity index (χ3v) is 5.11. The van der Waals surface area contributed by atoms with E-state index in [4.69, 9.17) is 5.11 Å². The van der Waals surface area contributed by atoms with E-state index in [-0.39, 0.29) is 18.4 Å². The number of piperidine rings is 1. The quantitative estimate of drug-likeness (QED) is 0.748. The van der Waals surface area contributed by atoms with E-state index < -0.39 is 0 Å². The van der Waals surface area contributed by atoms with Crippen molar-refractivity contribution in [1.82, 2.24) is 14.7 Å². The Bertz CT molecular complexity index is 398. The van der Waals surface area contributed by atoms with Crippen molar-refractivity contribution < 1.29 is 14.7 Å². The van der Waals surface area contributed by atoms with E-state index in [1.54, 1.807) is 4.90 Å². The van der Waals surface area contributed by atoms with Crippen LogP contribution in [-0.4, -0.2) is 90.5 Å². The predicted octanol–water partition coefficient (Wildman–Crippen LogP) is 0.0600. The van der Waals surface area contributed by atoms with Crippen molar-refractivity contribution in [2.24, 2.45) is 11.8 Å². The number of carbonyl (C=O) groups is 2. The molecule has 0 atom stereocenters. The Morgan fingerprint density at radius 3 is 2.13 bits per heavy atom. The molecule has 0 spiro atoms. The fourth-order valence-corrected chi connectivity index (χ4v) is 3.38. The second-order valence-corrected chi connectivity index (χ2v) is 7.18. The largest absolute Gasteiger partial charge is 0.387 e. The van der Waals surface area contributed by atoms with E-state index >= 15 is 0 Å². The summed E-state index contributed by atoms with van der Waals surface area (Å²) in [4.78, 5) is 29.7. The van der Waals surface area contributed by atoms with Crippen LogP contribution in [-0.2, 0) is 9.59 Å². The molecule has 0 aromatic heterocycles. The minimum atomic E-state index is -0.381. The van der Waals surface area contributed by atoms with Gasteiger partial charge in [0.2, 0.25) is 5.91 Å². The molecule has 23 heavy (non-hydrogen) atoms. The first-order valence-corrected chi connectivity index (χ1v) is 8.85. The van der Waals surface area contributed by atoms with Crippen LogP contribution in [0.4, 0.5) is 0 Å². The summed E-state index contributed by atoms with van der Waals surface area (Å²) in [5.41, 5.74) is 0. The van der Waals surface area contributed by atoms with E-state index in [0.29, 0.717) is 18.2 Å². The van der Waals surface area contributed by atoms with Gasteiger partial charge in [0.15, 0.2) is 0 Å². The summed E-state index contributed by atoms with van der Waals surface area (Å²) < 4.78 is 0. The number of amides is 1. The SMILES string of the molecule is CC(C)C(=O)CN1CCC(CN2CCN(C(=O)CO)CC2)CC1. The van der Waals surface area contributed by atoms with E-state index in [1.165, 1.54) is 0 Å². The normalized spacial score (nSPS) is 21.8. The highest BCUT2D eigenvalue weighted by Crippen LogP contribution is 2.19. The second-order valence-electron chi connectivity index (χ2n) is 7.18. The minimum Gasteiger partial charge on any atom is -0.387 e. The summed E-state index contributed by atoms with van der Waals surface area (Å²) in [5.74, 6) is 1.01. The van der Waals surface area contributed by atoms with Crippen molar-refractivity contribution >= 4 is 11.7 Å². The van der Waals surface area contributed by atoms with Crippen LogP contribution in [0.3, 0.4) is 0 Å². The average molecular weight is 325 g/mol. The Hall–Kier alpha value is -0.980. The fourth-order valence-electron chi connectivity index (χ4n) is 3.38. The van der Waals surface area contributed by atoms with Gasteiger partial charge in [-0.05, 0) is 31.8 Å². The van der Waals surface area contributed by atoms with Gasteiger partial charge in [-0.3, -0.25) is 19.4 Å². The van der Waals surface area contributed by atoms with Crippen LogP contribution in [0, 0.1) is 11.8 Å². The topological polar surface area (TPSA) is 64.1 Å². The third kappa shape index (κ3) is 5.55. The molecule has 2 aliphatic heterocycles. The van der Waals surface area contributed by atoms with Crippen molar-refractivity contribution in [3.63, 3.8) is 0 Å². The molecule has 1 amide bonds. The number of ketones is 1. The van der Waals surface area contributed by atoms with E-state index in [2.05, 4.69) is 9.80 Å². The number of rotatable bonds is 6. The summed E-state index contributed by atoms with van der Waals surface area (Å²) in [7, 11) is 0. The maximum absolute atomic E-state index is 11.8. The molecule has 2 aliphatic rings. The Morgan fingerprint density at radius 2 is 1.61 bits per heavy atom. The Balaban J connectivity index is 1.65. The van der Waals surface area contributed by atoms with Gasteiger partial charge in [-0.25, -0.2) is 0 Å². The van der Waals surface area contributed by atoms with Crippen molar-refractivity contribution in [1.29, 1.82) is 0 Å². The van der Waals surface area contributed by atoms with Gasteiger partial charge in [0.25, 0.3) is 0 Å². The molecule has 132 valence electrons. The van der Waals surface area contributed by atoms with Crippen LogP contribution in [0.2, 0.25) is 0 Å². The van der Waals surface area contributed by atoms with Crippen molar-refractivity contribution in [2.75, 3.05) is 59.0 Å². The summed E-state index contributed by atoms with van der Waals surface area (Å²) in [6.45, 7) is 10.5. The predicted molar refractivity (Wildman–Crippen MR) is 89.1 cm³/mol. The molecule has 0 saturated carbocycles. The summed E-state index contributed by atoms with van der Waals surface area (Å²) in [5, 5.41) is 8.90. The van der Waals surface area contributed by atoms with Crippen molar-refractivity contribution in [2.45, 2.75) is 26.7 Å². The lowest BCUT2D eigenvalue weighted by Crippen LogP contribution is -2.51. The lowest BCUT2D eigenvalue weighted by atomic mass is 9.95. The third-order valence-electron chi connectivity index (χ3n) is 5.11. The smallest absolute Gasteiger partial charge is 0.248 e. The first kappa shape index (κ1) is 18.4. The number of Topliss-reactive ketones (excluding diaryl/α,β-unsaturated/α-hetero) is 1. The molecule has 2 saturated heterocycles. The number of hydrogen-bond donors (Lipinski definition) is 1. The summed E-state index contributed by atoms with van der Waals surface area (Å²) in [6, 6.07) is 0.